The summed E-state index contributed by atoms with van der Waals surface area (Å²) in [5.74, 6) is 2.08. The maximum Gasteiger partial charge on any atom is 0.349 e. The van der Waals surface area contributed by atoms with Crippen LogP contribution in [0.1, 0.15) is 39.4 Å². The van der Waals surface area contributed by atoms with E-state index in [4.69, 9.17) is 0 Å². The van der Waals surface area contributed by atoms with Gasteiger partial charge in [-0.15, -0.1) is 0 Å². The normalized spacial score (nSPS) is 14.5. The molecule has 0 saturated heterocycles. The van der Waals surface area contributed by atoms with E-state index in [2.05, 4.69) is 41.3 Å². The number of rotatable bonds is 5. The number of H-pyrrole nitrogens is 1. The first-order chi connectivity index (χ1) is 9.01. The molecule has 104 valence electrons. The van der Waals surface area contributed by atoms with Gasteiger partial charge in [-0.05, 0) is 26.2 Å². The lowest BCUT2D eigenvalue weighted by Crippen LogP contribution is -2.20. The van der Waals surface area contributed by atoms with Gasteiger partial charge in [0.1, 0.15) is 11.6 Å². The number of hydrogen-bond donors (Lipinski definition) is 2. The molecule has 0 aliphatic carbocycles. The van der Waals surface area contributed by atoms with E-state index in [1.54, 1.807) is 13.0 Å². The van der Waals surface area contributed by atoms with Gasteiger partial charge in [0, 0.05) is 12.1 Å². The van der Waals surface area contributed by atoms with Gasteiger partial charge in [-0.2, -0.15) is 5.10 Å². The molecule has 2 atom stereocenters. The molecule has 2 rings (SSSR count). The topological polar surface area (TPSA) is 75.1 Å². The molecule has 19 heavy (non-hydrogen) atoms. The Kier molecular flexibility index (Phi) is 3.87. The summed E-state index contributed by atoms with van der Waals surface area (Å²) in [7, 11) is 0. The van der Waals surface area contributed by atoms with Gasteiger partial charge in [-0.25, -0.2) is 19.3 Å². The van der Waals surface area contributed by atoms with Crippen LogP contribution in [0.15, 0.2) is 10.9 Å². The number of anilines is 1. The first-order valence-electron chi connectivity index (χ1n) is 6.72. The third-order valence-corrected chi connectivity index (χ3v) is 3.42. The van der Waals surface area contributed by atoms with E-state index in [-0.39, 0.29) is 5.69 Å². The van der Waals surface area contributed by atoms with Crippen molar-refractivity contribution in [3.8, 4) is 0 Å². The number of nitrogens with zero attached hydrogens (tertiary/aromatic N) is 3. The third kappa shape index (κ3) is 2.94. The highest BCUT2D eigenvalue weighted by Gasteiger charge is 2.10. The van der Waals surface area contributed by atoms with Gasteiger partial charge in [0.25, 0.3) is 0 Å². The molecule has 0 aromatic carbocycles. The van der Waals surface area contributed by atoms with Crippen LogP contribution < -0.4 is 11.0 Å². The highest BCUT2D eigenvalue weighted by molar-refractivity contribution is 5.49. The van der Waals surface area contributed by atoms with Crippen LogP contribution in [0.3, 0.4) is 0 Å². The summed E-state index contributed by atoms with van der Waals surface area (Å²) in [4.78, 5) is 15.9. The second-order valence-corrected chi connectivity index (χ2v) is 5.21. The van der Waals surface area contributed by atoms with Crippen molar-refractivity contribution in [2.75, 3.05) is 5.32 Å². The number of aromatic amines is 1. The number of aromatic nitrogens is 4. The number of aryl methyl sites for hydroxylation is 1. The van der Waals surface area contributed by atoms with Crippen molar-refractivity contribution >= 4 is 11.5 Å². The molecule has 2 heterocycles. The zero-order valence-electron chi connectivity index (χ0n) is 11.9. The number of hydrogen-bond acceptors (Lipinski definition) is 4. The Morgan fingerprint density at radius 3 is 2.89 bits per heavy atom. The molecule has 0 radical (unpaired) electrons. The lowest BCUT2D eigenvalue weighted by atomic mass is 10.0. The summed E-state index contributed by atoms with van der Waals surface area (Å²) in [6, 6.07) is 2.13. The molecule has 2 N–H and O–H groups in total. The van der Waals surface area contributed by atoms with Crippen molar-refractivity contribution < 1.29 is 0 Å². The largest absolute Gasteiger partial charge is 0.367 e. The standard InChI is InChI=1S/C13H21N5O/c1-5-8(2)6-9(3)14-11-7-12-16-17-13(19)18(12)10(4)15-11/h7-9,14H,5-6H2,1-4H3,(H,17,19). The number of fused-ring (bicyclic) bond motifs is 1. The second kappa shape index (κ2) is 5.42. The van der Waals surface area contributed by atoms with Gasteiger partial charge in [0.15, 0.2) is 5.65 Å². The molecule has 2 aromatic heterocycles. The summed E-state index contributed by atoms with van der Waals surface area (Å²) in [6.45, 7) is 8.38. The van der Waals surface area contributed by atoms with Crippen LogP contribution in [0.5, 0.6) is 0 Å². The summed E-state index contributed by atoms with van der Waals surface area (Å²) in [5.41, 5.74) is 0.343. The van der Waals surface area contributed by atoms with Gasteiger partial charge in [0.05, 0.1) is 0 Å². The predicted molar refractivity (Wildman–Crippen MR) is 75.5 cm³/mol. The van der Waals surface area contributed by atoms with Crippen molar-refractivity contribution in [2.45, 2.75) is 46.6 Å². The Bertz CT molecular complexity index is 615. The molecular weight excluding hydrogens is 242 g/mol. The minimum absolute atomic E-state index is 0.251. The summed E-state index contributed by atoms with van der Waals surface area (Å²) in [6.07, 6.45) is 2.27. The molecule has 0 fully saturated rings. The smallest absolute Gasteiger partial charge is 0.349 e. The Morgan fingerprint density at radius 2 is 2.21 bits per heavy atom. The maximum absolute atomic E-state index is 11.5. The van der Waals surface area contributed by atoms with E-state index < -0.39 is 0 Å². The van der Waals surface area contributed by atoms with Crippen molar-refractivity contribution in [3.63, 3.8) is 0 Å². The van der Waals surface area contributed by atoms with E-state index in [0.717, 1.165) is 12.2 Å². The second-order valence-electron chi connectivity index (χ2n) is 5.21. The molecule has 0 aliphatic heterocycles. The van der Waals surface area contributed by atoms with Crippen LogP contribution in [0.4, 0.5) is 5.82 Å². The van der Waals surface area contributed by atoms with Crippen molar-refractivity contribution in [1.29, 1.82) is 0 Å². The molecule has 0 amide bonds. The molecular formula is C13H21N5O. The van der Waals surface area contributed by atoms with Gasteiger partial charge < -0.3 is 5.32 Å². The fourth-order valence-electron chi connectivity index (χ4n) is 2.25. The molecule has 2 unspecified atom stereocenters. The SMILES string of the molecule is CCC(C)CC(C)Nc1cc2n[nH]c(=O)n2c(C)n1. The Labute approximate surface area is 112 Å². The fourth-order valence-corrected chi connectivity index (χ4v) is 2.25. The van der Waals surface area contributed by atoms with E-state index in [0.29, 0.717) is 23.4 Å². The predicted octanol–water partition coefficient (Wildman–Crippen LogP) is 1.96. The van der Waals surface area contributed by atoms with Crippen molar-refractivity contribution in [1.82, 2.24) is 19.6 Å². The highest BCUT2D eigenvalue weighted by Crippen LogP contribution is 2.14. The average Bonchev–Trinajstić information content (AvgIpc) is 2.70. The van der Waals surface area contributed by atoms with Gasteiger partial charge in [0.2, 0.25) is 0 Å². The molecule has 0 spiro atoms. The highest BCUT2D eigenvalue weighted by atomic mass is 16.1. The zero-order chi connectivity index (χ0) is 14.0. The van der Waals surface area contributed by atoms with Crippen LogP contribution in [-0.2, 0) is 0 Å². The zero-order valence-corrected chi connectivity index (χ0v) is 11.9. The monoisotopic (exact) mass is 263 g/mol. The molecule has 2 aromatic rings. The summed E-state index contributed by atoms with van der Waals surface area (Å²) < 4.78 is 1.46. The van der Waals surface area contributed by atoms with Crippen LogP contribution in [0.2, 0.25) is 0 Å². The summed E-state index contributed by atoms with van der Waals surface area (Å²) in [5, 5.41) is 9.77. The van der Waals surface area contributed by atoms with E-state index >= 15 is 0 Å². The van der Waals surface area contributed by atoms with Gasteiger partial charge in [-0.3, -0.25) is 0 Å². The van der Waals surface area contributed by atoms with E-state index in [1.165, 1.54) is 10.8 Å². The number of nitrogens with one attached hydrogen (secondary N) is 2. The van der Waals surface area contributed by atoms with Gasteiger partial charge >= 0.3 is 5.69 Å². The molecule has 6 nitrogen and oxygen atoms in total. The lowest BCUT2D eigenvalue weighted by Gasteiger charge is -2.18. The maximum atomic E-state index is 11.5. The third-order valence-electron chi connectivity index (χ3n) is 3.42. The van der Waals surface area contributed by atoms with Crippen LogP contribution in [0.25, 0.3) is 5.65 Å². The first kappa shape index (κ1) is 13.6. The molecule has 0 bridgehead atoms. The molecule has 0 aliphatic rings. The van der Waals surface area contributed by atoms with Crippen LogP contribution in [0, 0.1) is 12.8 Å². The van der Waals surface area contributed by atoms with Crippen LogP contribution >= 0.6 is 0 Å². The minimum atomic E-state index is -0.251. The molecule has 6 heteroatoms. The van der Waals surface area contributed by atoms with Crippen molar-refractivity contribution in [3.05, 3.63) is 22.4 Å². The van der Waals surface area contributed by atoms with Gasteiger partial charge in [-0.1, -0.05) is 20.3 Å². The first-order valence-corrected chi connectivity index (χ1v) is 6.72. The average molecular weight is 263 g/mol. The fraction of sp³-hybridized carbons (Fsp3) is 0.615. The van der Waals surface area contributed by atoms with Crippen LogP contribution in [-0.4, -0.2) is 25.6 Å². The van der Waals surface area contributed by atoms with Crippen molar-refractivity contribution in [2.24, 2.45) is 5.92 Å². The van der Waals surface area contributed by atoms with E-state index in [9.17, 15) is 4.79 Å². The Hall–Kier alpha value is -1.85. The minimum Gasteiger partial charge on any atom is -0.367 e. The van der Waals surface area contributed by atoms with E-state index in [1.807, 2.05) is 0 Å². The Morgan fingerprint density at radius 1 is 1.47 bits per heavy atom. The Balaban J connectivity index is 2.19. The lowest BCUT2D eigenvalue weighted by molar-refractivity contribution is 0.483. The quantitative estimate of drug-likeness (QED) is 0.864. The molecule has 0 saturated carbocycles. The summed E-state index contributed by atoms with van der Waals surface area (Å²) >= 11 is 0.